The van der Waals surface area contributed by atoms with Gasteiger partial charge in [0.05, 0.1) is 13.7 Å². The van der Waals surface area contributed by atoms with E-state index in [-0.39, 0.29) is 0 Å². The van der Waals surface area contributed by atoms with Crippen molar-refractivity contribution < 1.29 is 9.47 Å². The van der Waals surface area contributed by atoms with E-state index in [1.54, 1.807) is 7.11 Å². The molecule has 0 heterocycles. The molecule has 2 aromatic carbocycles. The Morgan fingerprint density at radius 3 is 2.32 bits per heavy atom. The minimum absolute atomic E-state index is 0.699. The van der Waals surface area contributed by atoms with Crippen molar-refractivity contribution in [3.63, 3.8) is 0 Å². The SMILES string of the molecule is CCCOc1cc(CNc2cc(C)cc(C)c2)ccc1OC. The van der Waals surface area contributed by atoms with Gasteiger partial charge in [-0.3, -0.25) is 0 Å². The molecule has 0 aliphatic rings. The van der Waals surface area contributed by atoms with Gasteiger partial charge in [-0.1, -0.05) is 19.1 Å². The van der Waals surface area contributed by atoms with Crippen LogP contribution in [0.25, 0.3) is 0 Å². The first kappa shape index (κ1) is 16.2. The summed E-state index contributed by atoms with van der Waals surface area (Å²) < 4.78 is 11.1. The minimum atomic E-state index is 0.699. The van der Waals surface area contributed by atoms with Crippen LogP contribution in [0.4, 0.5) is 5.69 Å². The summed E-state index contributed by atoms with van der Waals surface area (Å²) in [5, 5.41) is 3.47. The summed E-state index contributed by atoms with van der Waals surface area (Å²) in [6, 6.07) is 12.6. The average molecular weight is 299 g/mol. The molecule has 0 fully saturated rings. The van der Waals surface area contributed by atoms with Gasteiger partial charge in [-0.25, -0.2) is 0 Å². The fraction of sp³-hybridized carbons (Fsp3) is 0.368. The van der Waals surface area contributed by atoms with Gasteiger partial charge in [-0.2, -0.15) is 0 Å². The molecule has 22 heavy (non-hydrogen) atoms. The van der Waals surface area contributed by atoms with E-state index < -0.39 is 0 Å². The molecule has 0 aliphatic heterocycles. The minimum Gasteiger partial charge on any atom is -0.493 e. The number of nitrogens with one attached hydrogen (secondary N) is 1. The summed E-state index contributed by atoms with van der Waals surface area (Å²) in [4.78, 5) is 0. The predicted octanol–water partition coefficient (Wildman–Crippen LogP) is 4.71. The first-order chi connectivity index (χ1) is 10.6. The number of methoxy groups -OCH3 is 1. The monoisotopic (exact) mass is 299 g/mol. The second kappa shape index (κ2) is 7.74. The molecular formula is C19H25NO2. The van der Waals surface area contributed by atoms with Gasteiger partial charge < -0.3 is 14.8 Å². The van der Waals surface area contributed by atoms with E-state index in [4.69, 9.17) is 9.47 Å². The normalized spacial score (nSPS) is 10.4. The molecule has 0 radical (unpaired) electrons. The first-order valence-corrected chi connectivity index (χ1v) is 7.74. The maximum atomic E-state index is 5.76. The molecule has 0 aromatic heterocycles. The van der Waals surface area contributed by atoms with E-state index in [2.05, 4.69) is 50.4 Å². The Bertz CT molecular complexity index is 603. The molecule has 3 nitrogen and oxygen atoms in total. The smallest absolute Gasteiger partial charge is 0.161 e. The lowest BCUT2D eigenvalue weighted by Gasteiger charge is -2.13. The molecule has 118 valence electrons. The molecule has 0 saturated heterocycles. The van der Waals surface area contributed by atoms with Crippen LogP contribution in [0.3, 0.4) is 0 Å². The van der Waals surface area contributed by atoms with E-state index in [1.807, 2.05) is 12.1 Å². The zero-order chi connectivity index (χ0) is 15.9. The van der Waals surface area contributed by atoms with E-state index in [0.29, 0.717) is 6.61 Å². The number of rotatable bonds is 7. The van der Waals surface area contributed by atoms with Crippen LogP contribution in [0.15, 0.2) is 36.4 Å². The van der Waals surface area contributed by atoms with Crippen LogP contribution in [0.5, 0.6) is 11.5 Å². The van der Waals surface area contributed by atoms with Crippen molar-refractivity contribution >= 4 is 5.69 Å². The molecule has 0 atom stereocenters. The number of hydrogen-bond donors (Lipinski definition) is 1. The highest BCUT2D eigenvalue weighted by Gasteiger charge is 2.06. The fourth-order valence-corrected chi connectivity index (χ4v) is 2.44. The van der Waals surface area contributed by atoms with Gasteiger partial charge in [0.2, 0.25) is 0 Å². The second-order valence-electron chi connectivity index (χ2n) is 5.56. The van der Waals surface area contributed by atoms with Crippen molar-refractivity contribution in [2.75, 3.05) is 19.0 Å². The summed E-state index contributed by atoms with van der Waals surface area (Å²) in [5.41, 5.74) is 4.85. The van der Waals surface area contributed by atoms with E-state index >= 15 is 0 Å². The molecule has 0 spiro atoms. The van der Waals surface area contributed by atoms with E-state index in [0.717, 1.165) is 30.2 Å². The lowest BCUT2D eigenvalue weighted by molar-refractivity contribution is 0.294. The molecule has 1 N–H and O–H groups in total. The van der Waals surface area contributed by atoms with Crippen LogP contribution < -0.4 is 14.8 Å². The van der Waals surface area contributed by atoms with Crippen LogP contribution >= 0.6 is 0 Å². The Labute approximate surface area is 133 Å². The van der Waals surface area contributed by atoms with Crippen molar-refractivity contribution in [1.29, 1.82) is 0 Å². The third kappa shape index (κ3) is 4.42. The maximum absolute atomic E-state index is 5.76. The van der Waals surface area contributed by atoms with Crippen LogP contribution in [0.2, 0.25) is 0 Å². The molecule has 3 heteroatoms. The summed E-state index contributed by atoms with van der Waals surface area (Å²) in [5.74, 6) is 1.59. The highest BCUT2D eigenvalue weighted by molar-refractivity contribution is 5.50. The number of aryl methyl sites for hydroxylation is 2. The third-order valence-corrected chi connectivity index (χ3v) is 3.41. The lowest BCUT2D eigenvalue weighted by atomic mass is 10.1. The second-order valence-corrected chi connectivity index (χ2v) is 5.56. The molecule has 0 aliphatic carbocycles. The van der Waals surface area contributed by atoms with Gasteiger partial charge in [-0.15, -0.1) is 0 Å². The Morgan fingerprint density at radius 1 is 0.955 bits per heavy atom. The Hall–Kier alpha value is -2.16. The van der Waals surface area contributed by atoms with Gasteiger partial charge >= 0.3 is 0 Å². The van der Waals surface area contributed by atoms with Gasteiger partial charge in [0, 0.05) is 12.2 Å². The standard InChI is InChI=1S/C19H25NO2/c1-5-8-22-19-12-16(6-7-18(19)21-4)13-20-17-10-14(2)9-15(3)11-17/h6-7,9-12,20H,5,8,13H2,1-4H3. The molecule has 0 amide bonds. The van der Waals surface area contributed by atoms with E-state index in [1.165, 1.54) is 16.7 Å². The van der Waals surface area contributed by atoms with Crippen LogP contribution in [0, 0.1) is 13.8 Å². The van der Waals surface area contributed by atoms with Crippen LogP contribution in [-0.4, -0.2) is 13.7 Å². The van der Waals surface area contributed by atoms with Crippen molar-refractivity contribution in [2.24, 2.45) is 0 Å². The van der Waals surface area contributed by atoms with E-state index in [9.17, 15) is 0 Å². The quantitative estimate of drug-likeness (QED) is 0.803. The van der Waals surface area contributed by atoms with Crippen LogP contribution in [0.1, 0.15) is 30.0 Å². The first-order valence-electron chi connectivity index (χ1n) is 7.74. The maximum Gasteiger partial charge on any atom is 0.161 e. The topological polar surface area (TPSA) is 30.5 Å². The van der Waals surface area contributed by atoms with Gasteiger partial charge in [0.1, 0.15) is 0 Å². The van der Waals surface area contributed by atoms with Crippen molar-refractivity contribution in [3.8, 4) is 11.5 Å². The highest BCUT2D eigenvalue weighted by atomic mass is 16.5. The zero-order valence-electron chi connectivity index (χ0n) is 13.9. The molecule has 2 rings (SSSR count). The summed E-state index contributed by atoms with van der Waals surface area (Å²) in [6.45, 7) is 7.78. The number of hydrogen-bond acceptors (Lipinski definition) is 3. The molecular weight excluding hydrogens is 274 g/mol. The van der Waals surface area contributed by atoms with Crippen molar-refractivity contribution in [2.45, 2.75) is 33.7 Å². The average Bonchev–Trinajstić information content (AvgIpc) is 2.50. The fourth-order valence-electron chi connectivity index (χ4n) is 2.44. The summed E-state index contributed by atoms with van der Waals surface area (Å²) in [7, 11) is 1.67. The molecule has 2 aromatic rings. The number of ether oxygens (including phenoxy) is 2. The third-order valence-electron chi connectivity index (χ3n) is 3.41. The number of benzene rings is 2. The highest BCUT2D eigenvalue weighted by Crippen LogP contribution is 2.28. The predicted molar refractivity (Wildman–Crippen MR) is 92.0 cm³/mol. The van der Waals surface area contributed by atoms with Gasteiger partial charge in [0.15, 0.2) is 11.5 Å². The van der Waals surface area contributed by atoms with Crippen molar-refractivity contribution in [1.82, 2.24) is 0 Å². The largest absolute Gasteiger partial charge is 0.493 e. The van der Waals surface area contributed by atoms with Crippen molar-refractivity contribution in [3.05, 3.63) is 53.1 Å². The van der Waals surface area contributed by atoms with Gasteiger partial charge in [0.25, 0.3) is 0 Å². The van der Waals surface area contributed by atoms with Crippen LogP contribution in [-0.2, 0) is 6.54 Å². The lowest BCUT2D eigenvalue weighted by Crippen LogP contribution is -2.02. The Balaban J connectivity index is 2.08. The summed E-state index contributed by atoms with van der Waals surface area (Å²) in [6.07, 6.45) is 0.980. The van der Waals surface area contributed by atoms with Gasteiger partial charge in [-0.05, 0) is 61.2 Å². The summed E-state index contributed by atoms with van der Waals surface area (Å²) >= 11 is 0. The Morgan fingerprint density at radius 2 is 1.68 bits per heavy atom. The zero-order valence-corrected chi connectivity index (χ0v) is 13.9. The number of anilines is 1. The molecule has 0 bridgehead atoms. The molecule has 0 unspecified atom stereocenters. The molecule has 0 saturated carbocycles. The Kier molecular flexibility index (Phi) is 5.70.